The van der Waals surface area contributed by atoms with Crippen LogP contribution in [0.15, 0.2) is 11.1 Å². The molecule has 1 atom stereocenters. The van der Waals surface area contributed by atoms with Gasteiger partial charge in [0.05, 0.1) is 12.7 Å². The molecule has 2 N–H and O–H groups in total. The van der Waals surface area contributed by atoms with E-state index < -0.39 is 35.4 Å². The predicted octanol–water partition coefficient (Wildman–Crippen LogP) is 2.10. The quantitative estimate of drug-likeness (QED) is 0.256. The van der Waals surface area contributed by atoms with Crippen molar-refractivity contribution >= 4 is 5.96 Å². The van der Waals surface area contributed by atoms with Crippen LogP contribution in [0.2, 0.25) is 0 Å². The third-order valence-corrected chi connectivity index (χ3v) is 3.71. The summed E-state index contributed by atoms with van der Waals surface area (Å²) in [6.45, 7) is 1.93. The smallest absolute Gasteiger partial charge is 0.191 e. The Balaban J connectivity index is 1.75. The first-order valence-corrected chi connectivity index (χ1v) is 7.98. The Labute approximate surface area is 143 Å². The molecule has 5 nitrogen and oxygen atoms in total. The van der Waals surface area contributed by atoms with Crippen molar-refractivity contribution in [2.24, 2.45) is 4.99 Å². The molecule has 0 bridgehead atoms. The van der Waals surface area contributed by atoms with E-state index in [1.165, 1.54) is 7.05 Å². The second-order valence-corrected chi connectivity index (χ2v) is 5.51. The molecule has 140 valence electrons. The molecule has 0 aromatic heterocycles. The SMILES string of the molecule is CN=C(NCCCOC1CCOC1)NCc1c(F)c(F)cc(F)c1F. The van der Waals surface area contributed by atoms with Crippen LogP contribution in [-0.2, 0) is 16.0 Å². The number of ether oxygens (including phenoxy) is 2. The van der Waals surface area contributed by atoms with Gasteiger partial charge in [-0.15, -0.1) is 0 Å². The fraction of sp³-hybridized carbons (Fsp3) is 0.562. The normalized spacial score (nSPS) is 17.8. The Kier molecular flexibility index (Phi) is 7.45. The molecule has 0 radical (unpaired) electrons. The lowest BCUT2D eigenvalue weighted by Gasteiger charge is -2.14. The van der Waals surface area contributed by atoms with Crippen molar-refractivity contribution in [2.75, 3.05) is 33.4 Å². The maximum Gasteiger partial charge on any atom is 0.191 e. The molecule has 1 unspecified atom stereocenters. The molecule has 1 fully saturated rings. The van der Waals surface area contributed by atoms with Gasteiger partial charge in [-0.2, -0.15) is 0 Å². The third kappa shape index (κ3) is 5.57. The number of hydrogen-bond acceptors (Lipinski definition) is 3. The molecule has 9 heteroatoms. The van der Waals surface area contributed by atoms with Gasteiger partial charge in [-0.25, -0.2) is 17.6 Å². The zero-order valence-corrected chi connectivity index (χ0v) is 13.9. The average Bonchev–Trinajstić information content (AvgIpc) is 3.11. The molecule has 1 saturated heterocycles. The molecule has 1 aliphatic rings. The van der Waals surface area contributed by atoms with Crippen LogP contribution < -0.4 is 10.6 Å². The molecule has 1 heterocycles. The van der Waals surface area contributed by atoms with Gasteiger partial charge >= 0.3 is 0 Å². The number of nitrogens with zero attached hydrogens (tertiary/aromatic N) is 1. The minimum atomic E-state index is -1.44. The Bertz CT molecular complexity index is 581. The van der Waals surface area contributed by atoms with E-state index in [0.29, 0.717) is 32.8 Å². The highest BCUT2D eigenvalue weighted by Crippen LogP contribution is 2.18. The molecular formula is C16H21F4N3O2. The molecule has 25 heavy (non-hydrogen) atoms. The summed E-state index contributed by atoms with van der Waals surface area (Å²) < 4.78 is 64.3. The molecular weight excluding hydrogens is 342 g/mol. The highest BCUT2D eigenvalue weighted by molar-refractivity contribution is 5.79. The van der Waals surface area contributed by atoms with Crippen molar-refractivity contribution in [1.29, 1.82) is 0 Å². The number of nitrogens with one attached hydrogen (secondary N) is 2. The molecule has 0 amide bonds. The van der Waals surface area contributed by atoms with Crippen LogP contribution in [0.3, 0.4) is 0 Å². The number of benzene rings is 1. The minimum Gasteiger partial charge on any atom is -0.379 e. The van der Waals surface area contributed by atoms with E-state index in [9.17, 15) is 17.6 Å². The second kappa shape index (κ2) is 9.57. The fourth-order valence-electron chi connectivity index (χ4n) is 2.34. The van der Waals surface area contributed by atoms with E-state index >= 15 is 0 Å². The molecule has 1 aromatic rings. The Morgan fingerprint density at radius 1 is 1.24 bits per heavy atom. The number of aliphatic imine (C=N–C) groups is 1. The topological polar surface area (TPSA) is 54.9 Å². The largest absolute Gasteiger partial charge is 0.379 e. The maximum atomic E-state index is 13.6. The van der Waals surface area contributed by atoms with Crippen LogP contribution in [0.25, 0.3) is 0 Å². The van der Waals surface area contributed by atoms with Gasteiger partial charge in [0.15, 0.2) is 29.2 Å². The lowest BCUT2D eigenvalue weighted by Crippen LogP contribution is -2.38. The van der Waals surface area contributed by atoms with Crippen LogP contribution in [0, 0.1) is 23.3 Å². The van der Waals surface area contributed by atoms with Gasteiger partial charge in [-0.05, 0) is 12.8 Å². The molecule has 0 saturated carbocycles. The Hall–Kier alpha value is -1.87. The fourth-order valence-corrected chi connectivity index (χ4v) is 2.34. The van der Waals surface area contributed by atoms with Crippen molar-refractivity contribution in [3.63, 3.8) is 0 Å². The highest BCUT2D eigenvalue weighted by atomic mass is 19.2. The predicted molar refractivity (Wildman–Crippen MR) is 84.3 cm³/mol. The van der Waals surface area contributed by atoms with E-state index in [4.69, 9.17) is 9.47 Å². The van der Waals surface area contributed by atoms with E-state index in [2.05, 4.69) is 15.6 Å². The van der Waals surface area contributed by atoms with Crippen LogP contribution in [-0.4, -0.2) is 45.5 Å². The molecule has 2 rings (SSSR count). The van der Waals surface area contributed by atoms with Crippen molar-refractivity contribution < 1.29 is 27.0 Å². The third-order valence-electron chi connectivity index (χ3n) is 3.71. The first kappa shape index (κ1) is 19.5. The standard InChI is InChI=1S/C16H21F4N3O2/c1-21-16(22-4-2-5-25-10-3-6-24-9-10)23-8-11-14(19)12(17)7-13(18)15(11)20/h7,10H,2-6,8-9H2,1H3,(H2,21,22,23). The summed E-state index contributed by atoms with van der Waals surface area (Å²) in [5, 5.41) is 5.55. The van der Waals surface area contributed by atoms with Gasteiger partial charge in [0.1, 0.15) is 0 Å². The van der Waals surface area contributed by atoms with Crippen LogP contribution in [0.1, 0.15) is 18.4 Å². The monoisotopic (exact) mass is 363 g/mol. The Morgan fingerprint density at radius 3 is 2.56 bits per heavy atom. The van der Waals surface area contributed by atoms with E-state index in [1.54, 1.807) is 0 Å². The van der Waals surface area contributed by atoms with Gasteiger partial charge in [0.25, 0.3) is 0 Å². The molecule has 0 spiro atoms. The number of hydrogen-bond donors (Lipinski definition) is 2. The molecule has 1 aliphatic heterocycles. The second-order valence-electron chi connectivity index (χ2n) is 5.51. The van der Waals surface area contributed by atoms with Gasteiger partial charge in [-0.1, -0.05) is 0 Å². The van der Waals surface area contributed by atoms with Gasteiger partial charge in [0.2, 0.25) is 0 Å². The van der Waals surface area contributed by atoms with E-state index in [1.807, 2.05) is 0 Å². The van der Waals surface area contributed by atoms with E-state index in [-0.39, 0.29) is 18.1 Å². The van der Waals surface area contributed by atoms with Crippen molar-refractivity contribution in [3.05, 3.63) is 34.9 Å². The summed E-state index contributed by atoms with van der Waals surface area (Å²) in [7, 11) is 1.47. The van der Waals surface area contributed by atoms with Crippen molar-refractivity contribution in [3.8, 4) is 0 Å². The summed E-state index contributed by atoms with van der Waals surface area (Å²) in [5.74, 6) is -5.46. The summed E-state index contributed by atoms with van der Waals surface area (Å²) in [6.07, 6.45) is 1.71. The Morgan fingerprint density at radius 2 is 1.96 bits per heavy atom. The van der Waals surface area contributed by atoms with Gasteiger partial charge in [0, 0.05) is 45.0 Å². The minimum absolute atomic E-state index is 0.131. The molecule has 1 aromatic carbocycles. The van der Waals surface area contributed by atoms with Crippen molar-refractivity contribution in [1.82, 2.24) is 10.6 Å². The highest BCUT2D eigenvalue weighted by Gasteiger charge is 2.19. The zero-order chi connectivity index (χ0) is 18.2. The number of guanidine groups is 1. The number of halogens is 4. The van der Waals surface area contributed by atoms with Crippen LogP contribution in [0.5, 0.6) is 0 Å². The average molecular weight is 363 g/mol. The van der Waals surface area contributed by atoms with Crippen LogP contribution in [0.4, 0.5) is 17.6 Å². The number of rotatable bonds is 7. The van der Waals surface area contributed by atoms with E-state index in [0.717, 1.165) is 6.42 Å². The van der Waals surface area contributed by atoms with Gasteiger partial charge < -0.3 is 20.1 Å². The zero-order valence-electron chi connectivity index (χ0n) is 13.9. The summed E-state index contributed by atoms with van der Waals surface area (Å²) >= 11 is 0. The van der Waals surface area contributed by atoms with Crippen LogP contribution >= 0.6 is 0 Å². The summed E-state index contributed by atoms with van der Waals surface area (Å²) in [6, 6.07) is 0.177. The molecule has 0 aliphatic carbocycles. The maximum absolute atomic E-state index is 13.6. The lowest BCUT2D eigenvalue weighted by atomic mass is 10.2. The van der Waals surface area contributed by atoms with Crippen molar-refractivity contribution in [2.45, 2.75) is 25.5 Å². The first-order valence-electron chi connectivity index (χ1n) is 7.98. The summed E-state index contributed by atoms with van der Waals surface area (Å²) in [5.41, 5.74) is -0.718. The first-order chi connectivity index (χ1) is 12.0. The lowest BCUT2D eigenvalue weighted by molar-refractivity contribution is 0.0420. The van der Waals surface area contributed by atoms with Gasteiger partial charge in [-0.3, -0.25) is 4.99 Å². The summed E-state index contributed by atoms with van der Waals surface area (Å²) in [4.78, 5) is 3.88.